The first-order chi connectivity index (χ1) is 18.9. The van der Waals surface area contributed by atoms with E-state index in [0.717, 1.165) is 30.3 Å². The van der Waals surface area contributed by atoms with Crippen molar-refractivity contribution in [2.75, 3.05) is 0 Å². The van der Waals surface area contributed by atoms with E-state index in [2.05, 4.69) is 5.32 Å². The second-order valence-electron chi connectivity index (χ2n) is 8.70. The Hall–Kier alpha value is -5.49. The molecular formula is C28H23NO11. The van der Waals surface area contributed by atoms with Gasteiger partial charge in [0.05, 0.1) is 6.10 Å². The first-order valence-corrected chi connectivity index (χ1v) is 11.7. The molecule has 2 unspecified atom stereocenters. The number of rotatable bonds is 7. The Morgan fingerprint density at radius 1 is 0.925 bits per heavy atom. The van der Waals surface area contributed by atoms with E-state index < -0.39 is 63.6 Å². The molecule has 206 valence electrons. The van der Waals surface area contributed by atoms with Crippen molar-refractivity contribution in [3.8, 4) is 45.8 Å². The molecule has 3 aromatic carbocycles. The molecule has 40 heavy (non-hydrogen) atoms. The van der Waals surface area contributed by atoms with Gasteiger partial charge in [0.2, 0.25) is 17.1 Å². The van der Waals surface area contributed by atoms with Crippen molar-refractivity contribution in [3.05, 3.63) is 76.5 Å². The van der Waals surface area contributed by atoms with Gasteiger partial charge in [0, 0.05) is 23.8 Å². The molecule has 1 aromatic heterocycles. The number of carbonyl (C=O) groups is 2. The Kier molecular flexibility index (Phi) is 7.64. The Bertz CT molecular complexity index is 1690. The number of phenolic OH excluding ortho intramolecular Hbond substituents is 4. The number of hydrogen-bond acceptors (Lipinski definition) is 11. The van der Waals surface area contributed by atoms with Crippen LogP contribution in [0.15, 0.2) is 69.9 Å². The molecule has 12 nitrogen and oxygen atoms in total. The summed E-state index contributed by atoms with van der Waals surface area (Å²) in [6, 6.07) is 9.81. The van der Waals surface area contributed by atoms with E-state index in [-0.39, 0.29) is 22.6 Å². The smallest absolute Gasteiger partial charge is 0.336 e. The van der Waals surface area contributed by atoms with Gasteiger partial charge in [-0.15, -0.1) is 0 Å². The van der Waals surface area contributed by atoms with Crippen LogP contribution in [0, 0.1) is 0 Å². The summed E-state index contributed by atoms with van der Waals surface area (Å²) in [4.78, 5) is 37.9. The zero-order valence-corrected chi connectivity index (χ0v) is 20.7. The van der Waals surface area contributed by atoms with Crippen molar-refractivity contribution in [3.63, 3.8) is 0 Å². The Morgan fingerprint density at radius 2 is 1.62 bits per heavy atom. The van der Waals surface area contributed by atoms with E-state index in [1.165, 1.54) is 31.2 Å². The highest BCUT2D eigenvalue weighted by atomic mass is 16.5. The van der Waals surface area contributed by atoms with Crippen molar-refractivity contribution in [2.24, 2.45) is 0 Å². The molecule has 0 aliphatic rings. The van der Waals surface area contributed by atoms with Crippen LogP contribution in [0.3, 0.4) is 0 Å². The first kappa shape index (κ1) is 27.5. The van der Waals surface area contributed by atoms with Gasteiger partial charge in [-0.05, 0) is 48.9 Å². The van der Waals surface area contributed by atoms with Gasteiger partial charge in [0.25, 0.3) is 0 Å². The van der Waals surface area contributed by atoms with Crippen LogP contribution >= 0.6 is 0 Å². The summed E-state index contributed by atoms with van der Waals surface area (Å²) in [6.45, 7) is 1.24. The average molecular weight is 549 g/mol. The molecule has 0 fully saturated rings. The minimum absolute atomic E-state index is 0.0194. The van der Waals surface area contributed by atoms with E-state index in [4.69, 9.17) is 9.15 Å². The molecule has 4 rings (SSSR count). The van der Waals surface area contributed by atoms with Gasteiger partial charge in [0.15, 0.2) is 23.3 Å². The number of phenols is 4. The van der Waals surface area contributed by atoms with Crippen LogP contribution in [0.25, 0.3) is 28.4 Å². The number of esters is 1. The topological polar surface area (TPSA) is 207 Å². The lowest BCUT2D eigenvalue weighted by atomic mass is 10.1. The molecule has 0 spiro atoms. The SMILES string of the molecule is CC(O)C(NC(=O)/C=C/c1ccc(O)cc1)C(=O)Oc1cc(O)c2c(=O)c(O)c(-c3ccc(O)c(O)c3)oc2c1. The van der Waals surface area contributed by atoms with Crippen molar-refractivity contribution in [1.82, 2.24) is 5.32 Å². The normalized spacial score (nSPS) is 12.8. The molecule has 12 heteroatoms. The molecule has 0 saturated carbocycles. The third-order valence-corrected chi connectivity index (χ3v) is 5.73. The van der Waals surface area contributed by atoms with E-state index >= 15 is 0 Å². The van der Waals surface area contributed by atoms with Crippen LogP contribution < -0.4 is 15.5 Å². The number of nitrogens with one attached hydrogen (secondary N) is 1. The summed E-state index contributed by atoms with van der Waals surface area (Å²) in [7, 11) is 0. The predicted octanol–water partition coefficient (Wildman–Crippen LogP) is 2.47. The van der Waals surface area contributed by atoms with Gasteiger partial charge in [-0.1, -0.05) is 12.1 Å². The molecule has 0 bridgehead atoms. The number of aromatic hydroxyl groups is 5. The van der Waals surface area contributed by atoms with E-state index in [1.807, 2.05) is 0 Å². The van der Waals surface area contributed by atoms with E-state index in [0.29, 0.717) is 5.56 Å². The lowest BCUT2D eigenvalue weighted by molar-refractivity contribution is -0.141. The fourth-order valence-electron chi connectivity index (χ4n) is 3.70. The summed E-state index contributed by atoms with van der Waals surface area (Å²) in [6.07, 6.45) is 1.14. The predicted molar refractivity (Wildman–Crippen MR) is 141 cm³/mol. The first-order valence-electron chi connectivity index (χ1n) is 11.7. The van der Waals surface area contributed by atoms with Crippen LogP contribution in [-0.4, -0.2) is 54.7 Å². The number of aliphatic hydroxyl groups excluding tert-OH is 1. The summed E-state index contributed by atoms with van der Waals surface area (Å²) in [5, 5.41) is 61.4. The number of hydrogen-bond donors (Lipinski definition) is 7. The summed E-state index contributed by atoms with van der Waals surface area (Å²) >= 11 is 0. The molecule has 2 atom stereocenters. The Labute approximate surface area is 225 Å². The molecule has 1 amide bonds. The summed E-state index contributed by atoms with van der Waals surface area (Å²) in [5.41, 5.74) is -0.715. The minimum Gasteiger partial charge on any atom is -0.508 e. The molecule has 7 N–H and O–H groups in total. The van der Waals surface area contributed by atoms with Gasteiger partial charge in [-0.3, -0.25) is 9.59 Å². The van der Waals surface area contributed by atoms with Crippen LogP contribution in [0.4, 0.5) is 0 Å². The molecular weight excluding hydrogens is 526 g/mol. The summed E-state index contributed by atoms with van der Waals surface area (Å²) in [5.74, 6) is -5.08. The second-order valence-corrected chi connectivity index (χ2v) is 8.70. The number of aliphatic hydroxyl groups is 1. The zero-order valence-electron chi connectivity index (χ0n) is 20.7. The zero-order chi connectivity index (χ0) is 29.1. The second kappa shape index (κ2) is 11.1. The summed E-state index contributed by atoms with van der Waals surface area (Å²) < 4.78 is 10.8. The van der Waals surface area contributed by atoms with Crippen molar-refractivity contribution in [1.29, 1.82) is 0 Å². The van der Waals surface area contributed by atoms with E-state index in [9.17, 15) is 45.0 Å². The maximum atomic E-state index is 12.8. The van der Waals surface area contributed by atoms with Crippen molar-refractivity contribution >= 4 is 28.9 Å². The molecule has 0 saturated heterocycles. The minimum atomic E-state index is -1.53. The van der Waals surface area contributed by atoms with Crippen molar-refractivity contribution < 1.29 is 49.4 Å². The lowest BCUT2D eigenvalue weighted by Gasteiger charge is -2.19. The highest BCUT2D eigenvalue weighted by Crippen LogP contribution is 2.38. The fraction of sp³-hybridized carbons (Fsp3) is 0.107. The quantitative estimate of drug-likeness (QED) is 0.0771. The largest absolute Gasteiger partial charge is 0.508 e. The van der Waals surface area contributed by atoms with Gasteiger partial charge < -0.3 is 45.1 Å². The van der Waals surface area contributed by atoms with Crippen molar-refractivity contribution in [2.45, 2.75) is 19.1 Å². The van der Waals surface area contributed by atoms with Gasteiger partial charge in [0.1, 0.15) is 28.2 Å². The highest BCUT2D eigenvalue weighted by Gasteiger charge is 2.28. The monoisotopic (exact) mass is 549 g/mol. The molecule has 0 aliphatic carbocycles. The molecule has 0 radical (unpaired) electrons. The number of carbonyl (C=O) groups excluding carboxylic acids is 2. The highest BCUT2D eigenvalue weighted by molar-refractivity contribution is 5.95. The third kappa shape index (κ3) is 5.81. The van der Waals surface area contributed by atoms with Crippen LogP contribution in [-0.2, 0) is 9.59 Å². The third-order valence-electron chi connectivity index (χ3n) is 5.73. The van der Waals surface area contributed by atoms with Crippen LogP contribution in [0.5, 0.6) is 34.5 Å². The van der Waals surface area contributed by atoms with Crippen LogP contribution in [0.2, 0.25) is 0 Å². The number of ether oxygens (including phenoxy) is 1. The number of amides is 1. The van der Waals surface area contributed by atoms with Gasteiger partial charge >= 0.3 is 5.97 Å². The Balaban J connectivity index is 1.60. The average Bonchev–Trinajstić information content (AvgIpc) is 2.90. The molecule has 4 aromatic rings. The van der Waals surface area contributed by atoms with Crippen LogP contribution in [0.1, 0.15) is 12.5 Å². The fourth-order valence-corrected chi connectivity index (χ4v) is 3.70. The number of fused-ring (bicyclic) bond motifs is 1. The molecule has 0 aliphatic heterocycles. The molecule has 1 heterocycles. The standard InChI is InChI=1S/C28H23NO11/c1-13(30)24(29-22(35)9-4-14-2-6-16(31)7-3-14)28(38)39-17-11-20(34)23-21(12-17)40-27(26(37)25(23)36)15-5-8-18(32)19(33)10-15/h2-13,24,30-34,37H,1H3,(H,29,35)/b9-4+. The van der Waals surface area contributed by atoms with E-state index in [1.54, 1.807) is 12.1 Å². The maximum absolute atomic E-state index is 12.8. The van der Waals surface area contributed by atoms with Gasteiger partial charge in [-0.25, -0.2) is 4.79 Å². The van der Waals surface area contributed by atoms with Gasteiger partial charge in [-0.2, -0.15) is 0 Å². The number of benzene rings is 3. The lowest BCUT2D eigenvalue weighted by Crippen LogP contribution is -2.49. The Morgan fingerprint density at radius 3 is 2.27 bits per heavy atom. The maximum Gasteiger partial charge on any atom is 0.336 e.